The molecular formula is C13H12BrClN2O3S. The zero-order chi connectivity index (χ0) is 15.6. The standard InChI is InChI=1S/C13H12BrClN2O3S/c1-8-3-4-11(20-2)12(5-8)21(18,19)17-9-6-10(14)13(15)16-7-9/h3-7,17H,1-2H3. The number of halogens is 2. The molecule has 2 rings (SSSR count). The molecule has 0 bridgehead atoms. The summed E-state index contributed by atoms with van der Waals surface area (Å²) in [5.41, 5.74) is 1.11. The summed E-state index contributed by atoms with van der Waals surface area (Å²) in [4.78, 5) is 3.94. The number of benzene rings is 1. The number of sulfonamides is 1. The fourth-order valence-electron chi connectivity index (χ4n) is 1.68. The lowest BCUT2D eigenvalue weighted by Gasteiger charge is -2.12. The van der Waals surface area contributed by atoms with Gasteiger partial charge in [0.05, 0.1) is 23.5 Å². The first-order chi connectivity index (χ1) is 9.83. The lowest BCUT2D eigenvalue weighted by atomic mass is 10.2. The SMILES string of the molecule is COc1ccc(C)cc1S(=O)(=O)Nc1cnc(Cl)c(Br)c1. The molecule has 5 nitrogen and oxygen atoms in total. The van der Waals surface area contributed by atoms with Crippen molar-refractivity contribution in [3.8, 4) is 5.75 Å². The molecule has 0 saturated carbocycles. The predicted molar refractivity (Wildman–Crippen MR) is 85.5 cm³/mol. The molecule has 1 aromatic carbocycles. The van der Waals surface area contributed by atoms with Crippen LogP contribution in [0, 0.1) is 6.92 Å². The molecule has 1 heterocycles. The van der Waals surface area contributed by atoms with E-state index in [1.54, 1.807) is 25.1 Å². The largest absolute Gasteiger partial charge is 0.495 e. The van der Waals surface area contributed by atoms with Crippen LogP contribution in [0.25, 0.3) is 0 Å². The molecule has 0 radical (unpaired) electrons. The molecular weight excluding hydrogens is 380 g/mol. The van der Waals surface area contributed by atoms with E-state index in [0.717, 1.165) is 5.56 Å². The van der Waals surface area contributed by atoms with Gasteiger partial charge >= 0.3 is 0 Å². The van der Waals surface area contributed by atoms with Crippen LogP contribution in [0.2, 0.25) is 5.15 Å². The van der Waals surface area contributed by atoms with Gasteiger partial charge in [-0.1, -0.05) is 17.7 Å². The van der Waals surface area contributed by atoms with Crippen molar-refractivity contribution in [2.45, 2.75) is 11.8 Å². The molecule has 0 atom stereocenters. The number of nitrogens with zero attached hydrogens (tertiary/aromatic N) is 1. The molecule has 0 aliphatic rings. The van der Waals surface area contributed by atoms with Gasteiger partial charge in [0.2, 0.25) is 0 Å². The molecule has 8 heteroatoms. The van der Waals surface area contributed by atoms with Crippen LogP contribution in [-0.4, -0.2) is 20.5 Å². The number of aryl methyl sites for hydroxylation is 1. The fourth-order valence-corrected chi connectivity index (χ4v) is 3.42. The van der Waals surface area contributed by atoms with Crippen molar-refractivity contribution in [2.24, 2.45) is 0 Å². The summed E-state index contributed by atoms with van der Waals surface area (Å²) in [5.74, 6) is 0.272. The summed E-state index contributed by atoms with van der Waals surface area (Å²) in [6.45, 7) is 1.80. The van der Waals surface area contributed by atoms with Crippen LogP contribution in [0.5, 0.6) is 5.75 Å². The van der Waals surface area contributed by atoms with Gasteiger partial charge in [0, 0.05) is 0 Å². The Bertz CT molecular complexity index is 781. The van der Waals surface area contributed by atoms with Gasteiger partial charge in [-0.25, -0.2) is 13.4 Å². The predicted octanol–water partition coefficient (Wildman–Crippen LogP) is 3.62. The topological polar surface area (TPSA) is 68.3 Å². The maximum absolute atomic E-state index is 12.5. The average Bonchev–Trinajstić information content (AvgIpc) is 2.42. The van der Waals surface area contributed by atoms with Crippen molar-refractivity contribution >= 4 is 43.2 Å². The van der Waals surface area contributed by atoms with E-state index < -0.39 is 10.0 Å². The third-order valence-electron chi connectivity index (χ3n) is 2.66. The van der Waals surface area contributed by atoms with E-state index in [2.05, 4.69) is 25.6 Å². The minimum absolute atomic E-state index is 0.0658. The maximum atomic E-state index is 12.5. The van der Waals surface area contributed by atoms with Gasteiger partial charge in [-0.2, -0.15) is 0 Å². The number of anilines is 1. The van der Waals surface area contributed by atoms with Gasteiger partial charge in [-0.3, -0.25) is 4.72 Å². The Balaban J connectivity index is 2.42. The monoisotopic (exact) mass is 390 g/mol. The first kappa shape index (κ1) is 16.1. The van der Waals surface area contributed by atoms with Crippen LogP contribution in [0.4, 0.5) is 5.69 Å². The summed E-state index contributed by atoms with van der Waals surface area (Å²) < 4.78 is 33.0. The number of hydrogen-bond donors (Lipinski definition) is 1. The zero-order valence-corrected chi connectivity index (χ0v) is 14.4. The average molecular weight is 392 g/mol. The summed E-state index contributed by atoms with van der Waals surface area (Å²) in [6.07, 6.45) is 1.34. The van der Waals surface area contributed by atoms with Crippen LogP contribution < -0.4 is 9.46 Å². The summed E-state index contributed by atoms with van der Waals surface area (Å²) in [7, 11) is -2.37. The highest BCUT2D eigenvalue weighted by atomic mass is 79.9. The van der Waals surface area contributed by atoms with E-state index in [4.69, 9.17) is 16.3 Å². The summed E-state index contributed by atoms with van der Waals surface area (Å²) in [6, 6.07) is 6.47. The highest BCUT2D eigenvalue weighted by Gasteiger charge is 2.20. The lowest BCUT2D eigenvalue weighted by molar-refractivity contribution is 0.402. The van der Waals surface area contributed by atoms with Gasteiger partial charge in [0.15, 0.2) is 0 Å². The lowest BCUT2D eigenvalue weighted by Crippen LogP contribution is -2.14. The normalized spacial score (nSPS) is 11.2. The van der Waals surface area contributed by atoms with Crippen molar-refractivity contribution in [3.05, 3.63) is 45.7 Å². The third-order valence-corrected chi connectivity index (χ3v) is 5.19. The van der Waals surface area contributed by atoms with Crippen LogP contribution in [0.3, 0.4) is 0 Å². The first-order valence-electron chi connectivity index (χ1n) is 5.82. The first-order valence-corrected chi connectivity index (χ1v) is 8.47. The van der Waals surface area contributed by atoms with Crippen LogP contribution >= 0.6 is 27.5 Å². The van der Waals surface area contributed by atoms with E-state index in [1.807, 2.05) is 0 Å². The molecule has 0 aliphatic heterocycles. The van der Waals surface area contributed by atoms with E-state index in [-0.39, 0.29) is 15.8 Å². The Morgan fingerprint density at radius 2 is 2.05 bits per heavy atom. The minimum atomic E-state index is -3.79. The number of methoxy groups -OCH3 is 1. The molecule has 1 N–H and O–H groups in total. The second-order valence-electron chi connectivity index (χ2n) is 4.26. The second kappa shape index (κ2) is 6.21. The van der Waals surface area contributed by atoms with Gasteiger partial charge < -0.3 is 4.74 Å². The van der Waals surface area contributed by atoms with E-state index in [1.165, 1.54) is 19.4 Å². The van der Waals surface area contributed by atoms with Gasteiger partial charge in [-0.05, 0) is 46.6 Å². The number of nitrogens with one attached hydrogen (secondary N) is 1. The molecule has 2 aromatic rings. The van der Waals surface area contributed by atoms with E-state index >= 15 is 0 Å². The molecule has 0 amide bonds. The van der Waals surface area contributed by atoms with Crippen LogP contribution in [0.15, 0.2) is 39.8 Å². The molecule has 0 aliphatic carbocycles. The molecule has 0 unspecified atom stereocenters. The quantitative estimate of drug-likeness (QED) is 0.808. The third kappa shape index (κ3) is 3.66. The highest BCUT2D eigenvalue weighted by Crippen LogP contribution is 2.28. The maximum Gasteiger partial charge on any atom is 0.265 e. The van der Waals surface area contributed by atoms with Crippen LogP contribution in [-0.2, 0) is 10.0 Å². The summed E-state index contributed by atoms with van der Waals surface area (Å²) in [5, 5.41) is 0.256. The fraction of sp³-hybridized carbons (Fsp3) is 0.154. The number of aromatic nitrogens is 1. The molecule has 0 saturated heterocycles. The van der Waals surface area contributed by atoms with Crippen LogP contribution in [0.1, 0.15) is 5.56 Å². The van der Waals surface area contributed by atoms with Crippen molar-refractivity contribution in [2.75, 3.05) is 11.8 Å². The molecule has 112 valence electrons. The summed E-state index contributed by atoms with van der Waals surface area (Å²) >= 11 is 8.98. The Labute approximate surface area is 136 Å². The Kier molecular flexibility index (Phi) is 4.75. The molecule has 21 heavy (non-hydrogen) atoms. The Morgan fingerprint density at radius 3 is 2.67 bits per heavy atom. The minimum Gasteiger partial charge on any atom is -0.495 e. The van der Waals surface area contributed by atoms with Crippen molar-refractivity contribution in [1.82, 2.24) is 4.98 Å². The van der Waals surface area contributed by atoms with Gasteiger partial charge in [-0.15, -0.1) is 0 Å². The number of hydrogen-bond acceptors (Lipinski definition) is 4. The number of ether oxygens (including phenoxy) is 1. The van der Waals surface area contributed by atoms with E-state index in [9.17, 15) is 8.42 Å². The Morgan fingerprint density at radius 1 is 1.33 bits per heavy atom. The van der Waals surface area contributed by atoms with Gasteiger partial charge in [0.25, 0.3) is 10.0 Å². The smallest absolute Gasteiger partial charge is 0.265 e. The molecule has 1 aromatic heterocycles. The van der Waals surface area contributed by atoms with Gasteiger partial charge in [0.1, 0.15) is 15.8 Å². The van der Waals surface area contributed by atoms with E-state index in [0.29, 0.717) is 10.2 Å². The highest BCUT2D eigenvalue weighted by molar-refractivity contribution is 9.10. The Hall–Kier alpha value is -1.31. The number of pyridine rings is 1. The molecule has 0 fully saturated rings. The second-order valence-corrected chi connectivity index (χ2v) is 7.12. The molecule has 0 spiro atoms. The van der Waals surface area contributed by atoms with Crippen molar-refractivity contribution < 1.29 is 13.2 Å². The van der Waals surface area contributed by atoms with Crippen molar-refractivity contribution in [3.63, 3.8) is 0 Å². The van der Waals surface area contributed by atoms with Crippen molar-refractivity contribution in [1.29, 1.82) is 0 Å². The zero-order valence-electron chi connectivity index (χ0n) is 11.2. The number of rotatable bonds is 4.